The van der Waals surface area contributed by atoms with E-state index < -0.39 is 17.3 Å². The van der Waals surface area contributed by atoms with Crippen molar-refractivity contribution in [3.63, 3.8) is 0 Å². The van der Waals surface area contributed by atoms with Crippen molar-refractivity contribution in [2.24, 2.45) is 0 Å². The van der Waals surface area contributed by atoms with Crippen LogP contribution in [0.25, 0.3) is 11.1 Å². The molecule has 2 aromatic carbocycles. The first kappa shape index (κ1) is 13.0. The minimum absolute atomic E-state index is 0.128. The van der Waals surface area contributed by atoms with Gasteiger partial charge in [0.15, 0.2) is 5.78 Å². The van der Waals surface area contributed by atoms with E-state index in [1.165, 1.54) is 19.1 Å². The van der Waals surface area contributed by atoms with Gasteiger partial charge < -0.3 is 5.11 Å². The van der Waals surface area contributed by atoms with Gasteiger partial charge in [0.25, 0.3) is 0 Å². The molecule has 0 bridgehead atoms. The molecule has 2 aromatic rings. The fourth-order valence-corrected chi connectivity index (χ4v) is 1.90. The first-order valence-corrected chi connectivity index (χ1v) is 5.64. The van der Waals surface area contributed by atoms with Crippen LogP contribution in [0.1, 0.15) is 27.6 Å². The molecular formula is C15H11FO3. The number of hydrogen-bond acceptors (Lipinski definition) is 2. The first-order valence-electron chi connectivity index (χ1n) is 5.64. The lowest BCUT2D eigenvalue weighted by molar-refractivity contribution is 0.0691. The maximum Gasteiger partial charge on any atom is 0.338 e. The molecule has 0 radical (unpaired) electrons. The van der Waals surface area contributed by atoms with Crippen LogP contribution in [-0.2, 0) is 0 Å². The second kappa shape index (κ2) is 5.02. The molecule has 4 heteroatoms. The Bertz CT molecular complexity index is 662. The Hall–Kier alpha value is -2.49. The molecule has 0 atom stereocenters. The summed E-state index contributed by atoms with van der Waals surface area (Å²) >= 11 is 0. The van der Waals surface area contributed by atoms with Gasteiger partial charge in [0.1, 0.15) is 5.82 Å². The van der Waals surface area contributed by atoms with Crippen molar-refractivity contribution < 1.29 is 19.1 Å². The topological polar surface area (TPSA) is 54.4 Å². The number of ketones is 1. The Morgan fingerprint density at radius 2 is 1.74 bits per heavy atom. The van der Waals surface area contributed by atoms with E-state index in [0.29, 0.717) is 16.7 Å². The maximum absolute atomic E-state index is 13.3. The van der Waals surface area contributed by atoms with Crippen molar-refractivity contribution in [3.05, 3.63) is 59.4 Å². The van der Waals surface area contributed by atoms with E-state index in [9.17, 15) is 14.0 Å². The molecule has 0 amide bonds. The number of carboxylic acids is 1. The zero-order valence-corrected chi connectivity index (χ0v) is 10.2. The van der Waals surface area contributed by atoms with Crippen LogP contribution in [0.4, 0.5) is 4.39 Å². The van der Waals surface area contributed by atoms with Crippen LogP contribution in [0.3, 0.4) is 0 Å². The summed E-state index contributed by atoms with van der Waals surface area (Å²) in [5.74, 6) is -2.26. The van der Waals surface area contributed by atoms with E-state index in [1.807, 2.05) is 0 Å². The van der Waals surface area contributed by atoms with Gasteiger partial charge in [0.2, 0.25) is 0 Å². The van der Waals surface area contributed by atoms with E-state index in [-0.39, 0.29) is 5.78 Å². The number of halogens is 1. The van der Waals surface area contributed by atoms with Crippen LogP contribution in [0.2, 0.25) is 0 Å². The van der Waals surface area contributed by atoms with Gasteiger partial charge in [-0.05, 0) is 30.2 Å². The van der Waals surface area contributed by atoms with Crippen LogP contribution in [0.5, 0.6) is 0 Å². The number of carboxylic acid groups (broad SMARTS) is 1. The van der Waals surface area contributed by atoms with E-state index in [1.54, 1.807) is 24.3 Å². The lowest BCUT2D eigenvalue weighted by atomic mass is 9.96. The summed E-state index contributed by atoms with van der Waals surface area (Å²) in [6, 6.07) is 10.6. The van der Waals surface area contributed by atoms with Gasteiger partial charge in [-0.15, -0.1) is 0 Å². The Morgan fingerprint density at radius 1 is 1.05 bits per heavy atom. The molecule has 0 aliphatic rings. The van der Waals surface area contributed by atoms with Crippen molar-refractivity contribution in [3.8, 4) is 11.1 Å². The zero-order chi connectivity index (χ0) is 14.0. The Morgan fingerprint density at radius 3 is 2.37 bits per heavy atom. The fourth-order valence-electron chi connectivity index (χ4n) is 1.90. The van der Waals surface area contributed by atoms with Crippen LogP contribution >= 0.6 is 0 Å². The molecule has 0 spiro atoms. The molecule has 0 aliphatic carbocycles. The molecular weight excluding hydrogens is 247 g/mol. The van der Waals surface area contributed by atoms with Crippen LogP contribution in [0.15, 0.2) is 42.5 Å². The van der Waals surface area contributed by atoms with Gasteiger partial charge in [-0.2, -0.15) is 0 Å². The predicted octanol–water partition coefficient (Wildman–Crippen LogP) is 3.39. The Labute approximate surface area is 109 Å². The minimum Gasteiger partial charge on any atom is -0.478 e. The summed E-state index contributed by atoms with van der Waals surface area (Å²) in [6.45, 7) is 1.43. The molecule has 0 unspecified atom stereocenters. The number of carbonyl (C=O) groups excluding carboxylic acids is 1. The van der Waals surface area contributed by atoms with Crippen molar-refractivity contribution in [2.75, 3.05) is 0 Å². The molecule has 3 nitrogen and oxygen atoms in total. The first-order chi connectivity index (χ1) is 9.00. The monoisotopic (exact) mass is 258 g/mol. The van der Waals surface area contributed by atoms with Crippen molar-refractivity contribution in [1.82, 2.24) is 0 Å². The summed E-state index contributed by atoms with van der Waals surface area (Å²) in [6.07, 6.45) is 0. The number of rotatable bonds is 3. The maximum atomic E-state index is 13.3. The normalized spacial score (nSPS) is 10.2. The standard InChI is InChI=1S/C15H11FO3/c1-9(17)11-4-2-3-5-12(11)10-6-7-14(16)13(8-10)15(18)19/h2-8H,1H3,(H,18,19). The predicted molar refractivity (Wildman–Crippen MR) is 68.8 cm³/mol. The number of benzene rings is 2. The quantitative estimate of drug-likeness (QED) is 0.858. The lowest BCUT2D eigenvalue weighted by Crippen LogP contribution is -2.02. The highest BCUT2D eigenvalue weighted by molar-refractivity contribution is 6.01. The highest BCUT2D eigenvalue weighted by Crippen LogP contribution is 2.26. The zero-order valence-electron chi connectivity index (χ0n) is 10.2. The van der Waals surface area contributed by atoms with Crippen LogP contribution in [-0.4, -0.2) is 16.9 Å². The van der Waals surface area contributed by atoms with E-state index in [4.69, 9.17) is 5.11 Å². The Balaban J connectivity index is 2.63. The number of aromatic carboxylic acids is 1. The smallest absolute Gasteiger partial charge is 0.338 e. The number of Topliss-reactive ketones (excluding diaryl/α,β-unsaturated/α-hetero) is 1. The minimum atomic E-state index is -1.33. The third kappa shape index (κ3) is 2.52. The number of hydrogen-bond donors (Lipinski definition) is 1. The molecule has 0 fully saturated rings. The molecule has 0 saturated carbocycles. The van der Waals surface area contributed by atoms with Gasteiger partial charge in [-0.1, -0.05) is 30.3 Å². The largest absolute Gasteiger partial charge is 0.478 e. The second-order valence-corrected chi connectivity index (χ2v) is 4.10. The fraction of sp³-hybridized carbons (Fsp3) is 0.0667. The molecule has 96 valence electrons. The number of carbonyl (C=O) groups is 2. The van der Waals surface area contributed by atoms with Crippen molar-refractivity contribution >= 4 is 11.8 Å². The van der Waals surface area contributed by atoms with Gasteiger partial charge in [0.05, 0.1) is 5.56 Å². The summed E-state index contributed by atoms with van der Waals surface area (Å²) in [5, 5.41) is 8.91. The molecule has 0 aromatic heterocycles. The summed E-state index contributed by atoms with van der Waals surface area (Å²) in [7, 11) is 0. The lowest BCUT2D eigenvalue weighted by Gasteiger charge is -2.08. The molecule has 0 aliphatic heterocycles. The molecule has 2 rings (SSSR count). The van der Waals surface area contributed by atoms with Crippen molar-refractivity contribution in [1.29, 1.82) is 0 Å². The molecule has 1 N–H and O–H groups in total. The van der Waals surface area contributed by atoms with Crippen LogP contribution < -0.4 is 0 Å². The molecule has 0 saturated heterocycles. The van der Waals surface area contributed by atoms with Gasteiger partial charge in [-0.25, -0.2) is 9.18 Å². The van der Waals surface area contributed by atoms with Gasteiger partial charge in [0, 0.05) is 5.56 Å². The molecule has 0 heterocycles. The highest BCUT2D eigenvalue weighted by Gasteiger charge is 2.14. The summed E-state index contributed by atoms with van der Waals surface area (Å²) in [4.78, 5) is 22.5. The van der Waals surface area contributed by atoms with Gasteiger partial charge in [-0.3, -0.25) is 4.79 Å². The third-order valence-corrected chi connectivity index (χ3v) is 2.81. The molecule has 19 heavy (non-hydrogen) atoms. The van der Waals surface area contributed by atoms with Gasteiger partial charge >= 0.3 is 5.97 Å². The van der Waals surface area contributed by atoms with E-state index >= 15 is 0 Å². The SMILES string of the molecule is CC(=O)c1ccccc1-c1ccc(F)c(C(=O)O)c1. The van der Waals surface area contributed by atoms with Crippen molar-refractivity contribution in [2.45, 2.75) is 6.92 Å². The Kier molecular flexibility index (Phi) is 3.42. The average molecular weight is 258 g/mol. The highest BCUT2D eigenvalue weighted by atomic mass is 19.1. The van der Waals surface area contributed by atoms with E-state index in [0.717, 1.165) is 6.07 Å². The van der Waals surface area contributed by atoms with Crippen LogP contribution in [0, 0.1) is 5.82 Å². The third-order valence-electron chi connectivity index (χ3n) is 2.81. The summed E-state index contributed by atoms with van der Waals surface area (Å²) < 4.78 is 13.3. The summed E-state index contributed by atoms with van der Waals surface area (Å²) in [5.41, 5.74) is 1.17. The van der Waals surface area contributed by atoms with E-state index in [2.05, 4.69) is 0 Å². The second-order valence-electron chi connectivity index (χ2n) is 4.10. The average Bonchev–Trinajstić information content (AvgIpc) is 2.39.